The first-order valence-electron chi connectivity index (χ1n) is 28.4. The molecule has 0 bridgehead atoms. The van der Waals surface area contributed by atoms with Gasteiger partial charge in [-0.2, -0.15) is 0 Å². The summed E-state index contributed by atoms with van der Waals surface area (Å²) < 4.78 is 0. The first-order valence-corrected chi connectivity index (χ1v) is 28.4. The van der Waals surface area contributed by atoms with E-state index in [9.17, 15) is 0 Å². The molecule has 3 aliphatic carbocycles. The molecule has 5 aliphatic rings. The average Bonchev–Trinajstić information content (AvgIpc) is 3.81. The van der Waals surface area contributed by atoms with Crippen LogP contribution in [-0.2, 0) is 37.9 Å². The Labute approximate surface area is 455 Å². The minimum atomic E-state index is -0.146. The third-order valence-electron chi connectivity index (χ3n) is 19.1. The fourth-order valence-corrected chi connectivity index (χ4v) is 15.8. The van der Waals surface area contributed by atoms with Gasteiger partial charge in [-0.3, -0.25) is 0 Å². The van der Waals surface area contributed by atoms with E-state index in [4.69, 9.17) is 0 Å². The van der Waals surface area contributed by atoms with Crippen molar-refractivity contribution in [2.24, 2.45) is 0 Å². The van der Waals surface area contributed by atoms with Crippen LogP contribution < -0.4 is 26.2 Å². The minimum Gasteiger partial charge on any atom is -0.311 e. The van der Waals surface area contributed by atoms with Crippen LogP contribution in [0.3, 0.4) is 0 Å². The van der Waals surface area contributed by atoms with Crippen LogP contribution in [0, 0.1) is 0 Å². The summed E-state index contributed by atoms with van der Waals surface area (Å²) in [6.45, 7) is 38.8. The van der Waals surface area contributed by atoms with Gasteiger partial charge >= 0.3 is 0 Å². The molecule has 0 aromatic heterocycles. The molecule has 382 valence electrons. The van der Waals surface area contributed by atoms with Crippen molar-refractivity contribution >= 4 is 57.2 Å². The molecule has 0 fully saturated rings. The van der Waals surface area contributed by atoms with E-state index < -0.39 is 0 Å². The van der Waals surface area contributed by atoms with Gasteiger partial charge < -0.3 is 9.80 Å². The zero-order valence-corrected chi connectivity index (χ0v) is 48.3. The van der Waals surface area contributed by atoms with Crippen LogP contribution in [-0.4, -0.2) is 6.71 Å². The molecule has 8 aromatic rings. The van der Waals surface area contributed by atoms with Gasteiger partial charge in [-0.1, -0.05) is 214 Å². The van der Waals surface area contributed by atoms with Gasteiger partial charge in [-0.05, 0) is 183 Å². The van der Waals surface area contributed by atoms with Gasteiger partial charge in [0.25, 0.3) is 6.71 Å². The molecule has 0 radical (unpaired) electrons. The molecule has 76 heavy (non-hydrogen) atoms. The Hall–Kier alpha value is -6.58. The molecule has 0 saturated heterocycles. The predicted molar refractivity (Wildman–Crippen MR) is 328 cm³/mol. The van der Waals surface area contributed by atoms with Crippen molar-refractivity contribution in [3.05, 3.63) is 196 Å². The van der Waals surface area contributed by atoms with Gasteiger partial charge in [0.05, 0.1) is 5.69 Å². The van der Waals surface area contributed by atoms with Crippen LogP contribution in [0.4, 0.5) is 34.1 Å². The normalized spacial score (nSPS) is 18.3. The Balaban J connectivity index is 1.17. The SMILES string of the molecule is CC(C)(C)c1ccc(N2c3ccc(-c4cccc5c4-c4ccccc4C5(C)C)cc3B3c4cc5c(cc4N(c4ccc6c(c4)C(C)(C)CC6(C)C)c4cc(C(C)(C)C)cc2c43)C(C)(C)CC5(C)C)c(-c2ccccc2)c1. The highest BCUT2D eigenvalue weighted by molar-refractivity contribution is 7.00. The van der Waals surface area contributed by atoms with Crippen LogP contribution >= 0.6 is 0 Å². The van der Waals surface area contributed by atoms with E-state index in [1.165, 1.54) is 128 Å². The quantitative estimate of drug-likeness (QED) is 0.162. The first kappa shape index (κ1) is 49.0. The molecule has 0 atom stereocenters. The van der Waals surface area contributed by atoms with E-state index in [2.05, 4.69) is 272 Å². The third-order valence-corrected chi connectivity index (χ3v) is 19.1. The van der Waals surface area contributed by atoms with Crippen molar-refractivity contribution in [3.8, 4) is 33.4 Å². The zero-order chi connectivity index (χ0) is 53.6. The highest BCUT2D eigenvalue weighted by Gasteiger charge is 2.50. The van der Waals surface area contributed by atoms with Gasteiger partial charge in [0.1, 0.15) is 0 Å². The largest absolute Gasteiger partial charge is 0.311 e. The van der Waals surface area contributed by atoms with Crippen LogP contribution in [0.15, 0.2) is 152 Å². The number of nitrogens with zero attached hydrogens (tertiary/aromatic N) is 2. The summed E-state index contributed by atoms with van der Waals surface area (Å²) in [5, 5.41) is 0. The maximum Gasteiger partial charge on any atom is 0.252 e. The molecule has 2 heterocycles. The molecular formula is C73H77BN2. The van der Waals surface area contributed by atoms with Crippen LogP contribution in [0.1, 0.15) is 168 Å². The van der Waals surface area contributed by atoms with Crippen molar-refractivity contribution < 1.29 is 0 Å². The highest BCUT2D eigenvalue weighted by Crippen LogP contribution is 2.57. The molecule has 3 heteroatoms. The lowest BCUT2D eigenvalue weighted by molar-refractivity contribution is 0.403. The van der Waals surface area contributed by atoms with Crippen molar-refractivity contribution in [1.82, 2.24) is 0 Å². The smallest absolute Gasteiger partial charge is 0.252 e. The number of fused-ring (bicyclic) bond motifs is 9. The summed E-state index contributed by atoms with van der Waals surface area (Å²) in [5.74, 6) is 0. The monoisotopic (exact) mass is 993 g/mol. The number of hydrogen-bond donors (Lipinski definition) is 0. The molecule has 0 amide bonds. The summed E-state index contributed by atoms with van der Waals surface area (Å²) in [6.07, 6.45) is 2.23. The lowest BCUT2D eigenvalue weighted by Gasteiger charge is -2.46. The Morgan fingerprint density at radius 1 is 0.368 bits per heavy atom. The lowest BCUT2D eigenvalue weighted by Crippen LogP contribution is -2.61. The van der Waals surface area contributed by atoms with Crippen LogP contribution in [0.25, 0.3) is 33.4 Å². The number of hydrogen-bond acceptors (Lipinski definition) is 2. The number of benzene rings is 8. The molecule has 0 spiro atoms. The molecule has 2 nitrogen and oxygen atoms in total. The summed E-state index contributed by atoms with van der Waals surface area (Å²) in [7, 11) is 0. The van der Waals surface area contributed by atoms with Gasteiger partial charge in [0, 0.05) is 39.4 Å². The summed E-state index contributed by atoms with van der Waals surface area (Å²) in [5.41, 5.74) is 30.7. The summed E-state index contributed by atoms with van der Waals surface area (Å²) in [4.78, 5) is 5.41. The van der Waals surface area contributed by atoms with Crippen molar-refractivity contribution in [2.45, 2.75) is 162 Å². The molecule has 8 aromatic carbocycles. The van der Waals surface area contributed by atoms with E-state index in [1.807, 2.05) is 0 Å². The Morgan fingerprint density at radius 3 is 1.62 bits per heavy atom. The standard InChI is InChI=1S/C73H77BN2/c1-67(2,3)46-30-34-60(51(36-46)44-23-18-17-19-24-44)76-61-33-29-45(49-26-22-28-54-65(49)50-25-20-21-27-52(50)73(54,15)16)35-58(61)74-59-40-56-57(72(13,14)43-71(56,11)12)41-62(59)75(63-37-47(68(4,5)6)38-64(76)66(63)74)48-31-32-53-55(39-48)70(9,10)42-69(53,7)8/h17-41H,42-43H2,1-16H3. The molecule has 0 unspecified atom stereocenters. The second-order valence-electron chi connectivity index (χ2n) is 28.9. The highest BCUT2D eigenvalue weighted by atomic mass is 15.2. The van der Waals surface area contributed by atoms with Gasteiger partial charge in [0.2, 0.25) is 0 Å². The Morgan fingerprint density at radius 2 is 0.934 bits per heavy atom. The van der Waals surface area contributed by atoms with Crippen molar-refractivity contribution in [3.63, 3.8) is 0 Å². The van der Waals surface area contributed by atoms with Crippen molar-refractivity contribution in [2.75, 3.05) is 9.80 Å². The lowest BCUT2D eigenvalue weighted by atomic mass is 9.33. The van der Waals surface area contributed by atoms with Gasteiger partial charge in [-0.25, -0.2) is 0 Å². The zero-order valence-electron chi connectivity index (χ0n) is 48.3. The Bertz CT molecular complexity index is 3770. The first-order chi connectivity index (χ1) is 35.7. The van der Waals surface area contributed by atoms with Crippen LogP contribution in [0.5, 0.6) is 0 Å². The summed E-state index contributed by atoms with van der Waals surface area (Å²) >= 11 is 0. The summed E-state index contributed by atoms with van der Waals surface area (Å²) in [6, 6.07) is 60.3. The van der Waals surface area contributed by atoms with Crippen LogP contribution in [0.2, 0.25) is 0 Å². The van der Waals surface area contributed by atoms with E-state index in [0.29, 0.717) is 0 Å². The predicted octanol–water partition coefficient (Wildman–Crippen LogP) is 17.9. The molecule has 2 aliphatic heterocycles. The average molecular weight is 993 g/mol. The molecular weight excluding hydrogens is 916 g/mol. The second-order valence-corrected chi connectivity index (χ2v) is 28.9. The van der Waals surface area contributed by atoms with Crippen molar-refractivity contribution in [1.29, 1.82) is 0 Å². The molecule has 13 rings (SSSR count). The fourth-order valence-electron chi connectivity index (χ4n) is 15.8. The minimum absolute atomic E-state index is 0.0105. The van der Waals surface area contributed by atoms with E-state index in [1.54, 1.807) is 0 Å². The van der Waals surface area contributed by atoms with E-state index in [0.717, 1.165) is 12.8 Å². The number of anilines is 6. The van der Waals surface area contributed by atoms with Gasteiger partial charge in [-0.15, -0.1) is 0 Å². The topological polar surface area (TPSA) is 6.48 Å². The maximum atomic E-state index is 2.72. The molecule has 0 N–H and O–H groups in total. The Kier molecular flexibility index (Phi) is 10.2. The van der Waals surface area contributed by atoms with E-state index in [-0.39, 0.29) is 44.6 Å². The fraction of sp³-hybridized carbons (Fsp3) is 0.342. The third kappa shape index (κ3) is 7.05. The second kappa shape index (κ2) is 15.8. The molecule has 0 saturated carbocycles. The van der Waals surface area contributed by atoms with E-state index >= 15 is 0 Å². The maximum absolute atomic E-state index is 2.72. The number of rotatable bonds is 4. The van der Waals surface area contributed by atoms with Gasteiger partial charge in [0.15, 0.2) is 0 Å².